The summed E-state index contributed by atoms with van der Waals surface area (Å²) < 4.78 is 0. The first-order chi connectivity index (χ1) is 14.0. The van der Waals surface area contributed by atoms with Crippen molar-refractivity contribution in [3.63, 3.8) is 0 Å². The molecule has 2 N–H and O–H groups in total. The number of rotatable bonds is 7. The van der Waals surface area contributed by atoms with E-state index in [1.807, 2.05) is 53.4 Å². The Balaban J connectivity index is 2.16. The monoisotopic (exact) mass is 430 g/mol. The second-order valence-corrected chi connectivity index (χ2v) is 8.53. The SMILES string of the molecule is C=CCC1CC(c2cccc(Cl)c2)C(c2ccc(Cl)cc2)N(C(CC)CN)C1=O. The van der Waals surface area contributed by atoms with Gasteiger partial charge < -0.3 is 10.6 Å². The van der Waals surface area contributed by atoms with Crippen molar-refractivity contribution in [2.24, 2.45) is 11.7 Å². The van der Waals surface area contributed by atoms with Gasteiger partial charge in [0.1, 0.15) is 0 Å². The van der Waals surface area contributed by atoms with Gasteiger partial charge in [0, 0.05) is 34.5 Å². The largest absolute Gasteiger partial charge is 0.331 e. The minimum atomic E-state index is -0.118. The summed E-state index contributed by atoms with van der Waals surface area (Å²) in [5.41, 5.74) is 8.31. The van der Waals surface area contributed by atoms with Crippen LogP contribution in [0.25, 0.3) is 0 Å². The highest BCUT2D eigenvalue weighted by atomic mass is 35.5. The Bertz CT molecular complexity index is 848. The molecule has 0 saturated carbocycles. The molecule has 3 nitrogen and oxygen atoms in total. The van der Waals surface area contributed by atoms with Crippen molar-refractivity contribution in [1.82, 2.24) is 4.90 Å². The Morgan fingerprint density at radius 2 is 1.90 bits per heavy atom. The second-order valence-electron chi connectivity index (χ2n) is 7.66. The summed E-state index contributed by atoms with van der Waals surface area (Å²) in [5, 5.41) is 1.38. The number of hydrogen-bond acceptors (Lipinski definition) is 2. The number of allylic oxidation sites excluding steroid dienone is 1. The van der Waals surface area contributed by atoms with Crippen LogP contribution in [0.3, 0.4) is 0 Å². The molecule has 2 aromatic rings. The Kier molecular flexibility index (Phi) is 7.39. The lowest BCUT2D eigenvalue weighted by Gasteiger charge is -2.48. The van der Waals surface area contributed by atoms with Crippen LogP contribution in [0.2, 0.25) is 10.0 Å². The number of amides is 1. The number of benzene rings is 2. The van der Waals surface area contributed by atoms with E-state index >= 15 is 0 Å². The molecule has 1 amide bonds. The number of carbonyl (C=O) groups is 1. The summed E-state index contributed by atoms with van der Waals surface area (Å²) in [7, 11) is 0. The Morgan fingerprint density at radius 1 is 1.17 bits per heavy atom. The molecule has 1 heterocycles. The van der Waals surface area contributed by atoms with Gasteiger partial charge in [0.25, 0.3) is 0 Å². The molecule has 1 fully saturated rings. The number of piperidine rings is 1. The van der Waals surface area contributed by atoms with Crippen LogP contribution in [0.15, 0.2) is 61.2 Å². The predicted molar refractivity (Wildman–Crippen MR) is 121 cm³/mol. The van der Waals surface area contributed by atoms with E-state index in [-0.39, 0.29) is 29.8 Å². The maximum absolute atomic E-state index is 13.5. The molecule has 0 radical (unpaired) electrons. The average molecular weight is 431 g/mol. The molecule has 154 valence electrons. The molecule has 1 aliphatic rings. The van der Waals surface area contributed by atoms with Crippen LogP contribution in [-0.4, -0.2) is 23.4 Å². The van der Waals surface area contributed by atoms with Crippen molar-refractivity contribution in [1.29, 1.82) is 0 Å². The van der Waals surface area contributed by atoms with E-state index in [4.69, 9.17) is 28.9 Å². The van der Waals surface area contributed by atoms with Crippen LogP contribution >= 0.6 is 23.2 Å². The fourth-order valence-electron chi connectivity index (χ4n) is 4.47. The average Bonchev–Trinajstić information content (AvgIpc) is 2.72. The zero-order valence-corrected chi connectivity index (χ0v) is 18.2. The van der Waals surface area contributed by atoms with Gasteiger partial charge in [0.2, 0.25) is 5.91 Å². The van der Waals surface area contributed by atoms with E-state index in [2.05, 4.69) is 19.6 Å². The zero-order chi connectivity index (χ0) is 21.0. The third-order valence-corrected chi connectivity index (χ3v) is 6.39. The van der Waals surface area contributed by atoms with Crippen molar-refractivity contribution in [3.05, 3.63) is 82.4 Å². The number of nitrogens with two attached hydrogens (primary N) is 1. The van der Waals surface area contributed by atoms with Gasteiger partial charge in [-0.25, -0.2) is 0 Å². The van der Waals surface area contributed by atoms with Gasteiger partial charge in [-0.15, -0.1) is 6.58 Å². The highest BCUT2D eigenvalue weighted by Gasteiger charge is 2.44. The molecular weight excluding hydrogens is 403 g/mol. The fourth-order valence-corrected chi connectivity index (χ4v) is 4.79. The van der Waals surface area contributed by atoms with Crippen molar-refractivity contribution < 1.29 is 4.79 Å². The summed E-state index contributed by atoms with van der Waals surface area (Å²) in [4.78, 5) is 15.6. The predicted octanol–water partition coefficient (Wildman–Crippen LogP) is 5.98. The van der Waals surface area contributed by atoms with Crippen LogP contribution in [0.5, 0.6) is 0 Å². The molecule has 1 saturated heterocycles. The lowest BCUT2D eigenvalue weighted by molar-refractivity contribution is -0.146. The zero-order valence-electron chi connectivity index (χ0n) is 16.7. The van der Waals surface area contributed by atoms with E-state index in [0.29, 0.717) is 23.0 Å². The molecule has 0 bridgehead atoms. The number of nitrogens with zero attached hydrogens (tertiary/aromatic N) is 1. The fraction of sp³-hybridized carbons (Fsp3) is 0.375. The number of hydrogen-bond donors (Lipinski definition) is 1. The maximum atomic E-state index is 13.5. The molecular formula is C24H28Cl2N2O. The standard InChI is InChI=1S/C24H28Cl2N2O/c1-3-6-18-14-22(17-7-5-8-20(26)13-17)23(16-9-11-19(25)12-10-16)28(24(18)29)21(4-2)15-27/h3,5,7-13,18,21-23H,1,4,6,14-15,27H2,2H3. The normalized spacial score (nSPS) is 23.1. The Morgan fingerprint density at radius 3 is 2.48 bits per heavy atom. The summed E-state index contributed by atoms with van der Waals surface area (Å²) in [6.45, 7) is 6.37. The summed E-state index contributed by atoms with van der Waals surface area (Å²) in [6, 6.07) is 15.6. The molecule has 1 aliphatic heterocycles. The maximum Gasteiger partial charge on any atom is 0.226 e. The van der Waals surface area contributed by atoms with Gasteiger partial charge in [0.15, 0.2) is 0 Å². The molecule has 4 atom stereocenters. The van der Waals surface area contributed by atoms with Crippen molar-refractivity contribution in [3.8, 4) is 0 Å². The smallest absolute Gasteiger partial charge is 0.226 e. The van der Waals surface area contributed by atoms with Gasteiger partial charge in [0.05, 0.1) is 6.04 Å². The Hall–Kier alpha value is -1.81. The molecule has 5 heteroatoms. The van der Waals surface area contributed by atoms with Gasteiger partial charge in [-0.05, 0) is 54.7 Å². The topological polar surface area (TPSA) is 46.3 Å². The van der Waals surface area contributed by atoms with E-state index in [1.54, 1.807) is 0 Å². The lowest BCUT2D eigenvalue weighted by Crippen LogP contribution is -2.53. The van der Waals surface area contributed by atoms with E-state index in [0.717, 1.165) is 24.0 Å². The first-order valence-corrected chi connectivity index (χ1v) is 10.9. The van der Waals surface area contributed by atoms with Crippen LogP contribution < -0.4 is 5.73 Å². The number of carbonyl (C=O) groups excluding carboxylic acids is 1. The highest BCUT2D eigenvalue weighted by Crippen LogP contribution is 2.47. The van der Waals surface area contributed by atoms with Gasteiger partial charge in [-0.2, -0.15) is 0 Å². The third-order valence-electron chi connectivity index (χ3n) is 5.90. The first-order valence-electron chi connectivity index (χ1n) is 10.1. The number of likely N-dealkylation sites (tertiary alicyclic amines) is 1. The van der Waals surface area contributed by atoms with Crippen LogP contribution in [0.1, 0.15) is 49.3 Å². The quantitative estimate of drug-likeness (QED) is 0.548. The molecule has 29 heavy (non-hydrogen) atoms. The van der Waals surface area contributed by atoms with Crippen molar-refractivity contribution in [2.75, 3.05) is 6.54 Å². The summed E-state index contributed by atoms with van der Waals surface area (Å²) in [6.07, 6.45) is 4.04. The van der Waals surface area contributed by atoms with Gasteiger partial charge in [-0.1, -0.05) is 60.5 Å². The van der Waals surface area contributed by atoms with Gasteiger partial charge >= 0.3 is 0 Å². The van der Waals surface area contributed by atoms with Gasteiger partial charge in [-0.3, -0.25) is 4.79 Å². The molecule has 0 aliphatic carbocycles. The molecule has 4 unspecified atom stereocenters. The molecule has 2 aromatic carbocycles. The highest BCUT2D eigenvalue weighted by molar-refractivity contribution is 6.30. The Labute approximate surface area is 183 Å². The number of halogens is 2. The lowest BCUT2D eigenvalue weighted by atomic mass is 9.74. The minimum absolute atomic E-state index is 0.0301. The van der Waals surface area contributed by atoms with Crippen molar-refractivity contribution >= 4 is 29.1 Å². The summed E-state index contributed by atoms with van der Waals surface area (Å²) >= 11 is 12.5. The van der Waals surface area contributed by atoms with Crippen LogP contribution in [0.4, 0.5) is 0 Å². The molecule has 0 spiro atoms. The minimum Gasteiger partial charge on any atom is -0.331 e. The van der Waals surface area contributed by atoms with E-state index in [1.165, 1.54) is 0 Å². The third kappa shape index (κ3) is 4.69. The molecule has 3 rings (SSSR count). The first kappa shape index (κ1) is 21.9. The van der Waals surface area contributed by atoms with Crippen LogP contribution in [-0.2, 0) is 4.79 Å². The second kappa shape index (κ2) is 9.80. The van der Waals surface area contributed by atoms with E-state index < -0.39 is 0 Å². The van der Waals surface area contributed by atoms with E-state index in [9.17, 15) is 4.79 Å². The summed E-state index contributed by atoms with van der Waals surface area (Å²) in [5.74, 6) is 0.152. The molecule has 0 aromatic heterocycles. The van der Waals surface area contributed by atoms with Crippen molar-refractivity contribution in [2.45, 2.75) is 44.2 Å². The van der Waals surface area contributed by atoms with Crippen LogP contribution in [0, 0.1) is 5.92 Å².